The minimum atomic E-state index is 0.218. The molecule has 1 fully saturated rings. The van der Waals surface area contributed by atoms with Crippen LogP contribution in [0.5, 0.6) is 0 Å². The topological polar surface area (TPSA) is 55.5 Å². The van der Waals surface area contributed by atoms with Gasteiger partial charge in [0.2, 0.25) is 0 Å². The van der Waals surface area contributed by atoms with E-state index in [4.69, 9.17) is 4.99 Å². The SMILES string of the molecule is Cc1cc(C)c(C#N)c(N2CCN(C3=NCC(C)(C)S3)CC2)n1. The standard InChI is InChI=1S/C17H23N5S/c1-12-9-13(2)20-15(14(12)10-18)21-5-7-22(8-6-21)16-19-11-17(3,4)23-16/h9H,5-8,11H2,1-4H3. The Labute approximate surface area is 142 Å². The summed E-state index contributed by atoms with van der Waals surface area (Å²) >= 11 is 1.87. The molecule has 2 aliphatic rings. The van der Waals surface area contributed by atoms with Gasteiger partial charge in [-0.25, -0.2) is 4.98 Å². The van der Waals surface area contributed by atoms with Gasteiger partial charge in [-0.05, 0) is 39.3 Å². The Morgan fingerprint density at radius 1 is 1.17 bits per heavy atom. The molecule has 6 heteroatoms. The average molecular weight is 329 g/mol. The van der Waals surface area contributed by atoms with Crippen molar-refractivity contribution in [1.82, 2.24) is 9.88 Å². The number of rotatable bonds is 1. The van der Waals surface area contributed by atoms with Gasteiger partial charge < -0.3 is 9.80 Å². The van der Waals surface area contributed by atoms with E-state index in [1.54, 1.807) is 0 Å². The van der Waals surface area contributed by atoms with E-state index in [-0.39, 0.29) is 4.75 Å². The predicted octanol–water partition coefficient (Wildman–Crippen LogP) is 2.57. The molecular formula is C17H23N5S. The van der Waals surface area contributed by atoms with Crippen LogP contribution in [0.2, 0.25) is 0 Å². The smallest absolute Gasteiger partial charge is 0.159 e. The fourth-order valence-corrected chi connectivity index (χ4v) is 4.09. The highest BCUT2D eigenvalue weighted by Crippen LogP contribution is 2.34. The molecule has 1 aromatic heterocycles. The number of aryl methyl sites for hydroxylation is 2. The van der Waals surface area contributed by atoms with E-state index >= 15 is 0 Å². The van der Waals surface area contributed by atoms with Crippen LogP contribution in [0.1, 0.15) is 30.7 Å². The number of piperazine rings is 1. The van der Waals surface area contributed by atoms with Crippen LogP contribution in [0.25, 0.3) is 0 Å². The molecule has 0 atom stereocenters. The number of nitriles is 1. The lowest BCUT2D eigenvalue weighted by Gasteiger charge is -2.37. The molecule has 0 saturated carbocycles. The van der Waals surface area contributed by atoms with E-state index in [0.29, 0.717) is 5.56 Å². The first kappa shape index (κ1) is 16.1. The number of hydrogen-bond acceptors (Lipinski definition) is 6. The third kappa shape index (κ3) is 3.30. The van der Waals surface area contributed by atoms with E-state index in [9.17, 15) is 5.26 Å². The molecule has 0 aliphatic carbocycles. The van der Waals surface area contributed by atoms with Crippen molar-refractivity contribution >= 4 is 22.7 Å². The number of aliphatic imine (C=N–C) groups is 1. The Morgan fingerprint density at radius 3 is 2.39 bits per heavy atom. The van der Waals surface area contributed by atoms with Gasteiger partial charge in [-0.15, -0.1) is 0 Å². The molecule has 0 amide bonds. The Hall–Kier alpha value is -1.74. The summed E-state index contributed by atoms with van der Waals surface area (Å²) in [5, 5.41) is 10.6. The van der Waals surface area contributed by atoms with Crippen LogP contribution in [0, 0.1) is 25.2 Å². The molecule has 1 aromatic rings. The summed E-state index contributed by atoms with van der Waals surface area (Å²) in [4.78, 5) is 13.9. The molecule has 1 saturated heterocycles. The van der Waals surface area contributed by atoms with Gasteiger partial charge in [0.25, 0.3) is 0 Å². The molecule has 0 unspecified atom stereocenters. The normalized spacial score (nSPS) is 20.4. The number of pyridine rings is 1. The Kier molecular flexibility index (Phi) is 4.24. The summed E-state index contributed by atoms with van der Waals surface area (Å²) < 4.78 is 0.218. The highest BCUT2D eigenvalue weighted by Gasteiger charge is 2.32. The fraction of sp³-hybridized carbons (Fsp3) is 0.588. The van der Waals surface area contributed by atoms with Gasteiger partial charge in [0.15, 0.2) is 5.17 Å². The predicted molar refractivity (Wildman–Crippen MR) is 96.2 cm³/mol. The van der Waals surface area contributed by atoms with Crippen molar-refractivity contribution in [3.63, 3.8) is 0 Å². The van der Waals surface area contributed by atoms with Crippen LogP contribution >= 0.6 is 11.8 Å². The summed E-state index contributed by atoms with van der Waals surface area (Å²) in [7, 11) is 0. The highest BCUT2D eigenvalue weighted by molar-refractivity contribution is 8.15. The molecule has 0 N–H and O–H groups in total. The molecule has 3 rings (SSSR count). The van der Waals surface area contributed by atoms with Crippen molar-refractivity contribution in [2.75, 3.05) is 37.6 Å². The summed E-state index contributed by atoms with van der Waals surface area (Å²) in [6, 6.07) is 4.30. The van der Waals surface area contributed by atoms with Crippen LogP contribution in [0.15, 0.2) is 11.1 Å². The summed E-state index contributed by atoms with van der Waals surface area (Å²) in [6.45, 7) is 13.0. The maximum Gasteiger partial charge on any atom is 0.159 e. The van der Waals surface area contributed by atoms with Crippen LogP contribution in [-0.2, 0) is 0 Å². The third-order valence-electron chi connectivity index (χ3n) is 4.25. The molecule has 23 heavy (non-hydrogen) atoms. The monoisotopic (exact) mass is 329 g/mol. The molecule has 3 heterocycles. The van der Waals surface area contributed by atoms with Gasteiger partial charge >= 0.3 is 0 Å². The molecule has 0 radical (unpaired) electrons. The second kappa shape index (κ2) is 6.04. The van der Waals surface area contributed by atoms with Gasteiger partial charge in [0.05, 0.1) is 12.1 Å². The number of amidine groups is 1. The van der Waals surface area contributed by atoms with E-state index < -0.39 is 0 Å². The van der Waals surface area contributed by atoms with E-state index in [0.717, 1.165) is 49.8 Å². The van der Waals surface area contributed by atoms with Crippen LogP contribution in [0.4, 0.5) is 5.82 Å². The maximum absolute atomic E-state index is 9.45. The summed E-state index contributed by atoms with van der Waals surface area (Å²) in [5.74, 6) is 0.839. The Bertz CT molecular complexity index is 681. The zero-order valence-electron chi connectivity index (χ0n) is 14.3. The first-order valence-corrected chi connectivity index (χ1v) is 8.83. The zero-order valence-corrected chi connectivity index (χ0v) is 15.1. The molecule has 2 aliphatic heterocycles. The van der Waals surface area contributed by atoms with Crippen LogP contribution in [-0.4, -0.2) is 52.5 Å². The van der Waals surface area contributed by atoms with Gasteiger partial charge in [-0.2, -0.15) is 5.26 Å². The summed E-state index contributed by atoms with van der Waals surface area (Å²) in [5.41, 5.74) is 2.68. The van der Waals surface area contributed by atoms with E-state index in [1.807, 2.05) is 31.7 Å². The van der Waals surface area contributed by atoms with Gasteiger partial charge in [0.1, 0.15) is 11.9 Å². The van der Waals surface area contributed by atoms with Crippen molar-refractivity contribution in [3.05, 3.63) is 22.9 Å². The molecule has 0 bridgehead atoms. The minimum absolute atomic E-state index is 0.218. The molecule has 122 valence electrons. The Balaban J connectivity index is 1.72. The number of thioether (sulfide) groups is 1. The minimum Gasteiger partial charge on any atom is -0.352 e. The average Bonchev–Trinajstić information content (AvgIpc) is 2.87. The number of nitrogens with zero attached hydrogens (tertiary/aromatic N) is 5. The lowest BCUT2D eigenvalue weighted by atomic mass is 10.1. The van der Waals surface area contributed by atoms with E-state index in [2.05, 4.69) is 34.7 Å². The van der Waals surface area contributed by atoms with Gasteiger partial charge in [0, 0.05) is 36.6 Å². The molecular weight excluding hydrogens is 306 g/mol. The van der Waals surface area contributed by atoms with Crippen LogP contribution < -0.4 is 4.90 Å². The van der Waals surface area contributed by atoms with Crippen molar-refractivity contribution < 1.29 is 0 Å². The maximum atomic E-state index is 9.45. The summed E-state index contributed by atoms with van der Waals surface area (Å²) in [6.07, 6.45) is 0. The number of anilines is 1. The fourth-order valence-electron chi connectivity index (χ4n) is 3.03. The molecule has 0 spiro atoms. The largest absolute Gasteiger partial charge is 0.352 e. The van der Waals surface area contributed by atoms with Crippen molar-refractivity contribution in [3.8, 4) is 6.07 Å². The van der Waals surface area contributed by atoms with Gasteiger partial charge in [-0.1, -0.05) is 11.8 Å². The van der Waals surface area contributed by atoms with Crippen molar-refractivity contribution in [1.29, 1.82) is 5.26 Å². The van der Waals surface area contributed by atoms with E-state index in [1.165, 1.54) is 5.17 Å². The molecule has 5 nitrogen and oxygen atoms in total. The highest BCUT2D eigenvalue weighted by atomic mass is 32.2. The number of hydrogen-bond donors (Lipinski definition) is 0. The lowest BCUT2D eigenvalue weighted by Crippen LogP contribution is -2.48. The first-order chi connectivity index (χ1) is 10.9. The lowest BCUT2D eigenvalue weighted by molar-refractivity contribution is 0.390. The second-order valence-electron chi connectivity index (χ2n) is 6.83. The van der Waals surface area contributed by atoms with Crippen molar-refractivity contribution in [2.24, 2.45) is 4.99 Å². The third-order valence-corrected chi connectivity index (χ3v) is 5.50. The molecule has 0 aromatic carbocycles. The van der Waals surface area contributed by atoms with Crippen molar-refractivity contribution in [2.45, 2.75) is 32.4 Å². The zero-order chi connectivity index (χ0) is 16.6. The first-order valence-electron chi connectivity index (χ1n) is 8.01. The van der Waals surface area contributed by atoms with Gasteiger partial charge in [-0.3, -0.25) is 4.99 Å². The number of aromatic nitrogens is 1. The quantitative estimate of drug-likeness (QED) is 0.792. The Morgan fingerprint density at radius 2 is 1.83 bits per heavy atom. The van der Waals surface area contributed by atoms with Crippen LogP contribution in [0.3, 0.4) is 0 Å². The second-order valence-corrected chi connectivity index (χ2v) is 8.50.